The van der Waals surface area contributed by atoms with Crippen LogP contribution >= 0.6 is 11.6 Å². The van der Waals surface area contributed by atoms with Crippen LogP contribution in [0.1, 0.15) is 21.7 Å². The summed E-state index contributed by atoms with van der Waals surface area (Å²) in [6.07, 6.45) is 1.11. The van der Waals surface area contributed by atoms with Crippen LogP contribution in [0.5, 0.6) is 0 Å². The summed E-state index contributed by atoms with van der Waals surface area (Å²) in [4.78, 5) is 16.1. The number of aryl methyl sites for hydroxylation is 1. The number of hydrazone groups is 1. The Kier molecular flexibility index (Phi) is 5.21. The zero-order valence-electron chi connectivity index (χ0n) is 11.7. The maximum Gasteiger partial charge on any atom is 0.289 e. The molecule has 2 rings (SSSR count). The van der Waals surface area contributed by atoms with Crippen LogP contribution in [0.25, 0.3) is 0 Å². The standard InChI is InChI=1S/C15H13ClN4O2/c1-10-4-2-7-13(18-10)15(21)20-19-14(9-17-22)11-5-3-6-12(16)8-11/h2-9,22H,1H3,(H,20,21). The van der Waals surface area contributed by atoms with E-state index in [1.807, 2.05) is 0 Å². The fourth-order valence-electron chi connectivity index (χ4n) is 1.71. The van der Waals surface area contributed by atoms with E-state index in [1.165, 1.54) is 0 Å². The Morgan fingerprint density at radius 2 is 2.09 bits per heavy atom. The van der Waals surface area contributed by atoms with Gasteiger partial charge in [0.2, 0.25) is 0 Å². The number of aromatic nitrogens is 1. The van der Waals surface area contributed by atoms with Gasteiger partial charge in [0.05, 0.1) is 6.21 Å². The monoisotopic (exact) mass is 316 g/mol. The zero-order chi connectivity index (χ0) is 15.9. The van der Waals surface area contributed by atoms with Gasteiger partial charge in [-0.15, -0.1) is 0 Å². The molecule has 112 valence electrons. The fraction of sp³-hybridized carbons (Fsp3) is 0.0667. The lowest BCUT2D eigenvalue weighted by molar-refractivity contribution is 0.0950. The van der Waals surface area contributed by atoms with Gasteiger partial charge >= 0.3 is 0 Å². The van der Waals surface area contributed by atoms with Gasteiger partial charge in [-0.2, -0.15) is 5.10 Å². The highest BCUT2D eigenvalue weighted by molar-refractivity contribution is 6.39. The third-order valence-corrected chi connectivity index (χ3v) is 2.93. The van der Waals surface area contributed by atoms with E-state index < -0.39 is 5.91 Å². The molecule has 0 radical (unpaired) electrons. The fourth-order valence-corrected chi connectivity index (χ4v) is 1.90. The molecule has 1 heterocycles. The number of hydrogen-bond acceptors (Lipinski definition) is 5. The number of carbonyl (C=O) groups is 1. The first kappa shape index (κ1) is 15.7. The van der Waals surface area contributed by atoms with Crippen molar-refractivity contribution >= 4 is 29.4 Å². The number of nitrogens with zero attached hydrogens (tertiary/aromatic N) is 3. The summed E-state index contributed by atoms with van der Waals surface area (Å²) in [6.45, 7) is 1.79. The van der Waals surface area contributed by atoms with Gasteiger partial charge in [-0.25, -0.2) is 10.4 Å². The smallest absolute Gasteiger partial charge is 0.289 e. The average molecular weight is 317 g/mol. The van der Waals surface area contributed by atoms with Crippen molar-refractivity contribution in [3.63, 3.8) is 0 Å². The number of carbonyl (C=O) groups excluding carboxylic acids is 1. The summed E-state index contributed by atoms with van der Waals surface area (Å²) in [5, 5.41) is 16.1. The molecule has 1 amide bonds. The lowest BCUT2D eigenvalue weighted by Gasteiger charge is -2.03. The molecule has 22 heavy (non-hydrogen) atoms. The van der Waals surface area contributed by atoms with Crippen LogP contribution in [-0.4, -0.2) is 28.0 Å². The lowest BCUT2D eigenvalue weighted by atomic mass is 10.1. The molecule has 0 aliphatic rings. The van der Waals surface area contributed by atoms with E-state index in [2.05, 4.69) is 20.7 Å². The third kappa shape index (κ3) is 4.13. The van der Waals surface area contributed by atoms with Crippen molar-refractivity contribution in [1.29, 1.82) is 0 Å². The molecule has 2 N–H and O–H groups in total. The van der Waals surface area contributed by atoms with E-state index in [0.717, 1.165) is 11.9 Å². The van der Waals surface area contributed by atoms with Crippen molar-refractivity contribution in [2.45, 2.75) is 6.92 Å². The van der Waals surface area contributed by atoms with Crippen LogP contribution < -0.4 is 5.43 Å². The molecule has 2 aromatic rings. The summed E-state index contributed by atoms with van der Waals surface area (Å²) in [7, 11) is 0. The van der Waals surface area contributed by atoms with Gasteiger partial charge in [0, 0.05) is 16.3 Å². The number of halogens is 1. The van der Waals surface area contributed by atoms with E-state index in [9.17, 15) is 4.79 Å². The molecule has 0 fully saturated rings. The highest BCUT2D eigenvalue weighted by atomic mass is 35.5. The highest BCUT2D eigenvalue weighted by Gasteiger charge is 2.08. The number of pyridine rings is 1. The second-order valence-corrected chi connectivity index (χ2v) is 4.79. The molecular formula is C15H13ClN4O2. The molecule has 0 spiro atoms. The van der Waals surface area contributed by atoms with Crippen molar-refractivity contribution in [3.8, 4) is 0 Å². The Hall–Kier alpha value is -2.73. The largest absolute Gasteiger partial charge is 0.411 e. The molecule has 1 aromatic carbocycles. The molecule has 0 saturated carbocycles. The molecule has 0 aliphatic carbocycles. The minimum atomic E-state index is -0.463. The van der Waals surface area contributed by atoms with Gasteiger partial charge in [0.25, 0.3) is 5.91 Å². The maximum absolute atomic E-state index is 12.0. The Morgan fingerprint density at radius 3 is 2.77 bits per heavy atom. The third-order valence-electron chi connectivity index (χ3n) is 2.70. The number of amides is 1. The summed E-state index contributed by atoms with van der Waals surface area (Å²) < 4.78 is 0. The van der Waals surface area contributed by atoms with E-state index in [-0.39, 0.29) is 11.4 Å². The summed E-state index contributed by atoms with van der Waals surface area (Å²) in [5.74, 6) is -0.463. The van der Waals surface area contributed by atoms with E-state index >= 15 is 0 Å². The zero-order valence-corrected chi connectivity index (χ0v) is 12.4. The van der Waals surface area contributed by atoms with Crippen LogP contribution in [0, 0.1) is 6.92 Å². The van der Waals surface area contributed by atoms with E-state index in [0.29, 0.717) is 10.6 Å². The number of benzene rings is 1. The van der Waals surface area contributed by atoms with Crippen LogP contribution in [0.15, 0.2) is 52.7 Å². The molecule has 0 unspecified atom stereocenters. The molecule has 6 nitrogen and oxygen atoms in total. The average Bonchev–Trinajstić information content (AvgIpc) is 2.51. The van der Waals surface area contributed by atoms with Crippen LogP contribution in [0.3, 0.4) is 0 Å². The predicted octanol–water partition coefficient (Wildman–Crippen LogP) is 2.64. The van der Waals surface area contributed by atoms with Gasteiger partial charge in [-0.3, -0.25) is 4.79 Å². The van der Waals surface area contributed by atoms with Crippen molar-refractivity contribution < 1.29 is 10.0 Å². The molecule has 0 bridgehead atoms. The lowest BCUT2D eigenvalue weighted by Crippen LogP contribution is -2.22. The van der Waals surface area contributed by atoms with Crippen molar-refractivity contribution in [2.24, 2.45) is 10.3 Å². The molecule has 7 heteroatoms. The molecule has 0 aliphatic heterocycles. The van der Waals surface area contributed by atoms with Gasteiger partial charge < -0.3 is 5.21 Å². The van der Waals surface area contributed by atoms with Gasteiger partial charge in [-0.05, 0) is 31.2 Å². The van der Waals surface area contributed by atoms with Crippen LogP contribution in [0.4, 0.5) is 0 Å². The number of nitrogens with one attached hydrogen (secondary N) is 1. The quantitative estimate of drug-likeness (QED) is 0.516. The van der Waals surface area contributed by atoms with Gasteiger partial charge in [-0.1, -0.05) is 35.0 Å². The molecule has 0 saturated heterocycles. The first-order chi connectivity index (χ1) is 10.6. The number of hydrogen-bond donors (Lipinski definition) is 2. The Balaban J connectivity index is 2.22. The Morgan fingerprint density at radius 1 is 1.32 bits per heavy atom. The SMILES string of the molecule is Cc1cccc(C(=O)NN=C(C=NO)c2cccc(Cl)c2)n1. The van der Waals surface area contributed by atoms with Crippen LogP contribution in [-0.2, 0) is 0 Å². The Labute approximate surface area is 132 Å². The van der Waals surface area contributed by atoms with Gasteiger partial charge in [0.15, 0.2) is 0 Å². The molecular weight excluding hydrogens is 304 g/mol. The van der Waals surface area contributed by atoms with Crippen molar-refractivity contribution in [2.75, 3.05) is 0 Å². The second kappa shape index (κ2) is 7.33. The van der Waals surface area contributed by atoms with Crippen molar-refractivity contribution in [1.82, 2.24) is 10.4 Å². The predicted molar refractivity (Wildman–Crippen MR) is 84.7 cm³/mol. The highest BCUT2D eigenvalue weighted by Crippen LogP contribution is 2.11. The summed E-state index contributed by atoms with van der Waals surface area (Å²) in [5.41, 5.74) is 4.20. The first-order valence-corrected chi connectivity index (χ1v) is 6.73. The van der Waals surface area contributed by atoms with Crippen molar-refractivity contribution in [3.05, 3.63) is 64.4 Å². The normalized spacial score (nSPS) is 11.6. The number of oxime groups is 1. The topological polar surface area (TPSA) is 86.9 Å². The van der Waals surface area contributed by atoms with Crippen LogP contribution in [0.2, 0.25) is 5.02 Å². The minimum Gasteiger partial charge on any atom is -0.411 e. The minimum absolute atomic E-state index is 0.245. The molecule has 0 atom stereocenters. The summed E-state index contributed by atoms with van der Waals surface area (Å²) in [6, 6.07) is 11.9. The summed E-state index contributed by atoms with van der Waals surface area (Å²) >= 11 is 5.91. The van der Waals surface area contributed by atoms with E-state index in [4.69, 9.17) is 16.8 Å². The molecule has 1 aromatic heterocycles. The van der Waals surface area contributed by atoms with E-state index in [1.54, 1.807) is 49.4 Å². The van der Waals surface area contributed by atoms with Gasteiger partial charge in [0.1, 0.15) is 11.4 Å². The Bertz CT molecular complexity index is 744. The second-order valence-electron chi connectivity index (χ2n) is 4.36. The number of rotatable bonds is 4. The first-order valence-electron chi connectivity index (χ1n) is 6.35. The maximum atomic E-state index is 12.0.